The molecule has 3 aliphatic heterocycles. The molecule has 2 aromatic rings. The van der Waals surface area contributed by atoms with Gasteiger partial charge in [0, 0.05) is 62.6 Å². The molecule has 53 heavy (non-hydrogen) atoms. The van der Waals surface area contributed by atoms with Crippen LogP contribution in [0, 0.1) is 29.1 Å². The van der Waals surface area contributed by atoms with Gasteiger partial charge in [0.15, 0.2) is 5.75 Å². The quantitative estimate of drug-likeness (QED) is 0.104. The number of piperazine rings is 1. The molecule has 0 radical (unpaired) electrons. The molecule has 2 aromatic carbocycles. The second-order valence-electron chi connectivity index (χ2n) is 12.1. The van der Waals surface area contributed by atoms with E-state index in [0.29, 0.717) is 37.1 Å². The first-order valence-corrected chi connectivity index (χ1v) is 16.4. The van der Waals surface area contributed by atoms with Gasteiger partial charge in [0.25, 0.3) is 0 Å². The van der Waals surface area contributed by atoms with Crippen LogP contribution in [-0.2, 0) is 19.2 Å². The number of carboxylic acids is 4. The Balaban J connectivity index is 0.000000395. The van der Waals surface area contributed by atoms with E-state index in [1.165, 1.54) is 0 Å². The van der Waals surface area contributed by atoms with Crippen LogP contribution in [0.25, 0.3) is 0 Å². The van der Waals surface area contributed by atoms with Gasteiger partial charge in [0.2, 0.25) is 29.1 Å². The van der Waals surface area contributed by atoms with E-state index < -0.39 is 64.8 Å². The maximum Gasteiger partial charge on any atom is 0.328 e. The van der Waals surface area contributed by atoms with E-state index in [1.807, 2.05) is 18.2 Å². The summed E-state index contributed by atoms with van der Waals surface area (Å²) in [6.45, 7) is 5.72. The number of halogens is 5. The van der Waals surface area contributed by atoms with Crippen LogP contribution in [0.4, 0.5) is 27.6 Å². The van der Waals surface area contributed by atoms with E-state index in [0.717, 1.165) is 70.0 Å². The molecule has 5 rings (SSSR count). The molecule has 3 fully saturated rings. The van der Waals surface area contributed by atoms with Crippen molar-refractivity contribution in [3.63, 3.8) is 0 Å². The molecule has 2 bridgehead atoms. The lowest BCUT2D eigenvalue weighted by Crippen LogP contribution is -2.49. The van der Waals surface area contributed by atoms with E-state index in [9.17, 15) is 41.1 Å². The van der Waals surface area contributed by atoms with E-state index in [4.69, 9.17) is 29.9 Å². The molecular weight excluding hydrogens is 717 g/mol. The Hall–Kier alpha value is -5.23. The van der Waals surface area contributed by atoms with Crippen LogP contribution in [0.15, 0.2) is 48.6 Å². The van der Waals surface area contributed by atoms with Gasteiger partial charge in [0.1, 0.15) is 11.9 Å². The van der Waals surface area contributed by atoms with Crippen molar-refractivity contribution < 1.29 is 71.0 Å². The molecule has 0 aromatic heterocycles. The predicted molar refractivity (Wildman–Crippen MR) is 178 cm³/mol. The minimum absolute atomic E-state index is 0.187. The highest BCUT2D eigenvalue weighted by Crippen LogP contribution is 2.39. The number of hydrogen-bond donors (Lipinski definition) is 4. The van der Waals surface area contributed by atoms with Gasteiger partial charge in [-0.15, -0.1) is 0 Å². The van der Waals surface area contributed by atoms with Gasteiger partial charge in [0.05, 0.1) is 12.8 Å². The van der Waals surface area contributed by atoms with Crippen molar-refractivity contribution in [2.75, 3.05) is 51.3 Å². The highest BCUT2D eigenvalue weighted by Gasteiger charge is 2.42. The van der Waals surface area contributed by atoms with Gasteiger partial charge in [-0.1, -0.05) is 12.1 Å². The number of methoxy groups -OCH3 is 1. The lowest BCUT2D eigenvalue weighted by atomic mass is 9.99. The number of nitrogens with zero attached hydrogens (tertiary/aromatic N) is 3. The van der Waals surface area contributed by atoms with Gasteiger partial charge < -0.3 is 34.8 Å². The Kier molecular flexibility index (Phi) is 16.0. The largest absolute Gasteiger partial charge is 0.495 e. The van der Waals surface area contributed by atoms with E-state index in [1.54, 1.807) is 7.11 Å². The number of piperidine rings is 1. The van der Waals surface area contributed by atoms with Crippen molar-refractivity contribution in [3.05, 3.63) is 77.7 Å². The number of rotatable bonds is 12. The topological polar surface area (TPSA) is 177 Å². The maximum atomic E-state index is 14.1. The van der Waals surface area contributed by atoms with Gasteiger partial charge >= 0.3 is 23.9 Å². The monoisotopic (exact) mass is 757 g/mol. The standard InChI is InChI=1S/C27H32F5N3O2.2C4H4O4/c1-36-21-6-3-2-5-20(21)34-13-11-33(12-14-34)9-4-10-35-17-7-8-18(35)16-19(15-17)37-27-25(31)23(29)22(28)24(30)26(27)32;2*5-3(6)1-2-4(7)8/h2-3,5-6,17-19H,4,7-16H2,1H3;2*1-2H,(H,5,6)(H,7,8)/b;2*2-1+/t17-,18+,19?;;. The van der Waals surface area contributed by atoms with Crippen molar-refractivity contribution in [2.45, 2.75) is 50.3 Å². The van der Waals surface area contributed by atoms with E-state index in [2.05, 4.69) is 20.8 Å². The molecule has 18 heteroatoms. The highest BCUT2D eigenvalue weighted by molar-refractivity contribution is 5.90. The normalized spacial score (nSPS) is 20.0. The highest BCUT2D eigenvalue weighted by atomic mass is 19.2. The summed E-state index contributed by atoms with van der Waals surface area (Å²) in [4.78, 5) is 45.5. The van der Waals surface area contributed by atoms with Crippen LogP contribution < -0.4 is 14.4 Å². The smallest absolute Gasteiger partial charge is 0.328 e. The summed E-state index contributed by atoms with van der Waals surface area (Å²) in [5, 5.41) is 31.2. The Bertz CT molecular complexity index is 1560. The van der Waals surface area contributed by atoms with Crippen molar-refractivity contribution in [2.24, 2.45) is 0 Å². The summed E-state index contributed by atoms with van der Waals surface area (Å²) in [6, 6.07) is 8.44. The first kappa shape index (κ1) is 42.2. The molecule has 3 saturated heterocycles. The van der Waals surface area contributed by atoms with Crippen LogP contribution in [0.3, 0.4) is 0 Å². The summed E-state index contributed by atoms with van der Waals surface area (Å²) >= 11 is 0. The average Bonchev–Trinajstić information content (AvgIpc) is 3.37. The molecule has 0 aliphatic carbocycles. The minimum atomic E-state index is -2.17. The second kappa shape index (κ2) is 20.1. The molecule has 3 heterocycles. The molecule has 3 aliphatic rings. The zero-order valence-corrected chi connectivity index (χ0v) is 28.6. The summed E-state index contributed by atoms with van der Waals surface area (Å²) in [6.07, 6.45) is 5.56. The van der Waals surface area contributed by atoms with Crippen molar-refractivity contribution in [1.82, 2.24) is 9.80 Å². The molecule has 3 atom stereocenters. The predicted octanol–water partition coefficient (Wildman–Crippen LogP) is 4.40. The zero-order valence-electron chi connectivity index (χ0n) is 28.6. The third kappa shape index (κ3) is 12.5. The molecule has 290 valence electrons. The molecule has 1 unspecified atom stereocenters. The van der Waals surface area contributed by atoms with Gasteiger partial charge in [-0.25, -0.2) is 32.3 Å². The zero-order chi connectivity index (χ0) is 39.2. The minimum Gasteiger partial charge on any atom is -0.495 e. The number of benzene rings is 2. The molecule has 13 nitrogen and oxygen atoms in total. The number of para-hydroxylation sites is 2. The first-order valence-electron chi connectivity index (χ1n) is 16.4. The summed E-state index contributed by atoms with van der Waals surface area (Å²) in [5.41, 5.74) is 1.12. The van der Waals surface area contributed by atoms with E-state index in [-0.39, 0.29) is 12.1 Å². The van der Waals surface area contributed by atoms with Crippen LogP contribution in [-0.4, -0.2) is 119 Å². The molecular formula is C35H40F5N3O10. The van der Waals surface area contributed by atoms with Gasteiger partial charge in [-0.2, -0.15) is 8.78 Å². The number of fused-ring (bicyclic) bond motifs is 2. The molecule has 4 N–H and O–H groups in total. The van der Waals surface area contributed by atoms with Crippen LogP contribution in [0.1, 0.15) is 32.1 Å². The van der Waals surface area contributed by atoms with Crippen molar-refractivity contribution in [3.8, 4) is 11.5 Å². The van der Waals surface area contributed by atoms with Crippen LogP contribution in [0.5, 0.6) is 11.5 Å². The number of carboxylic acid groups (broad SMARTS) is 4. The Morgan fingerprint density at radius 2 is 1.15 bits per heavy atom. The Labute approximate surface area is 301 Å². The molecule has 0 saturated carbocycles. The number of aliphatic carboxylic acids is 4. The fourth-order valence-electron chi connectivity index (χ4n) is 6.41. The summed E-state index contributed by atoms with van der Waals surface area (Å²) in [5.74, 6) is -15.2. The van der Waals surface area contributed by atoms with Crippen molar-refractivity contribution in [1.29, 1.82) is 0 Å². The number of ether oxygens (including phenoxy) is 2. The fraction of sp³-hybridized carbons (Fsp3) is 0.429. The number of carbonyl (C=O) groups is 4. The number of hydrogen-bond acceptors (Lipinski definition) is 9. The average molecular weight is 758 g/mol. The summed E-state index contributed by atoms with van der Waals surface area (Å²) in [7, 11) is 1.69. The van der Waals surface area contributed by atoms with Crippen LogP contribution >= 0.6 is 0 Å². The van der Waals surface area contributed by atoms with Crippen molar-refractivity contribution >= 4 is 29.6 Å². The number of anilines is 1. The van der Waals surface area contributed by atoms with Gasteiger partial charge in [-0.05, 0) is 57.3 Å². The Morgan fingerprint density at radius 1 is 0.698 bits per heavy atom. The van der Waals surface area contributed by atoms with Crippen LogP contribution in [0.2, 0.25) is 0 Å². The van der Waals surface area contributed by atoms with E-state index >= 15 is 0 Å². The first-order chi connectivity index (χ1) is 25.1. The Morgan fingerprint density at radius 3 is 1.60 bits per heavy atom. The second-order valence-corrected chi connectivity index (χ2v) is 12.1. The lowest BCUT2D eigenvalue weighted by Gasteiger charge is -2.40. The molecule has 0 amide bonds. The third-order valence-electron chi connectivity index (χ3n) is 8.72. The summed E-state index contributed by atoms with van der Waals surface area (Å²) < 4.78 is 79.5. The lowest BCUT2D eigenvalue weighted by molar-refractivity contribution is -0.134. The van der Waals surface area contributed by atoms with Gasteiger partial charge in [-0.3, -0.25) is 9.80 Å². The fourth-order valence-corrected chi connectivity index (χ4v) is 6.41. The third-order valence-corrected chi connectivity index (χ3v) is 8.72. The SMILES string of the molecule is COc1ccccc1N1CCN(CCCN2[C@@H]3CC[C@H]2CC(Oc2c(F)c(F)c(F)c(F)c2F)C3)CC1.O=C(O)/C=C/C(=O)O.O=C(O)/C=C/C(=O)O. The molecule has 0 spiro atoms. The maximum absolute atomic E-state index is 14.1.